The summed E-state index contributed by atoms with van der Waals surface area (Å²) in [6, 6.07) is 13.4. The number of hydrogen-bond acceptors (Lipinski definition) is 5. The molecule has 9 heteroatoms. The van der Waals surface area contributed by atoms with Crippen LogP contribution in [0.15, 0.2) is 64.4 Å². The molecule has 3 aromatic rings. The van der Waals surface area contributed by atoms with Crippen LogP contribution in [0.3, 0.4) is 0 Å². The molecule has 2 aromatic carbocycles. The summed E-state index contributed by atoms with van der Waals surface area (Å²) in [6.07, 6.45) is 3.83. The molecular weight excluding hydrogens is 404 g/mol. The minimum absolute atomic E-state index is 0.0622. The molecule has 1 fully saturated rings. The SMILES string of the molecule is O=C(Cn1c(=O)cnc2ccccc21)Nc1ccccc1S(=O)(=O)N1CCCCC1. The summed E-state index contributed by atoms with van der Waals surface area (Å²) >= 11 is 0. The summed E-state index contributed by atoms with van der Waals surface area (Å²) in [4.78, 5) is 29.1. The monoisotopic (exact) mass is 426 g/mol. The second-order valence-corrected chi connectivity index (χ2v) is 9.09. The van der Waals surface area contributed by atoms with E-state index in [2.05, 4.69) is 10.3 Å². The molecule has 8 nitrogen and oxygen atoms in total. The Bertz CT molecular complexity index is 1250. The zero-order valence-corrected chi connectivity index (χ0v) is 17.1. The summed E-state index contributed by atoms with van der Waals surface area (Å²) < 4.78 is 29.0. The number of para-hydroxylation sites is 3. The van der Waals surface area contributed by atoms with Crippen LogP contribution in [0.25, 0.3) is 11.0 Å². The van der Waals surface area contributed by atoms with E-state index in [4.69, 9.17) is 0 Å². The minimum Gasteiger partial charge on any atom is -0.323 e. The predicted molar refractivity (Wildman–Crippen MR) is 114 cm³/mol. The Morgan fingerprint density at radius 1 is 1.00 bits per heavy atom. The lowest BCUT2D eigenvalue weighted by molar-refractivity contribution is -0.116. The van der Waals surface area contributed by atoms with Crippen molar-refractivity contribution in [3.63, 3.8) is 0 Å². The molecule has 4 rings (SSSR count). The molecule has 0 radical (unpaired) electrons. The molecule has 0 aliphatic carbocycles. The summed E-state index contributed by atoms with van der Waals surface area (Å²) in [5.74, 6) is -0.491. The maximum Gasteiger partial charge on any atom is 0.269 e. The largest absolute Gasteiger partial charge is 0.323 e. The fourth-order valence-corrected chi connectivity index (χ4v) is 5.31. The van der Waals surface area contributed by atoms with E-state index >= 15 is 0 Å². The Balaban J connectivity index is 1.61. The molecule has 1 N–H and O–H groups in total. The van der Waals surface area contributed by atoms with E-state index in [-0.39, 0.29) is 17.1 Å². The molecule has 0 bridgehead atoms. The number of aromatic nitrogens is 2. The van der Waals surface area contributed by atoms with Crippen molar-refractivity contribution in [2.45, 2.75) is 30.7 Å². The molecule has 0 saturated carbocycles. The highest BCUT2D eigenvalue weighted by atomic mass is 32.2. The fourth-order valence-electron chi connectivity index (χ4n) is 3.65. The number of piperidine rings is 1. The van der Waals surface area contributed by atoms with Gasteiger partial charge in [-0.25, -0.2) is 13.4 Å². The Labute approximate surface area is 174 Å². The molecular formula is C21H22N4O4S. The van der Waals surface area contributed by atoms with Crippen LogP contribution in [0.1, 0.15) is 19.3 Å². The van der Waals surface area contributed by atoms with Gasteiger partial charge in [0.15, 0.2) is 0 Å². The third-order valence-electron chi connectivity index (χ3n) is 5.15. The van der Waals surface area contributed by atoms with Crippen molar-refractivity contribution in [1.29, 1.82) is 0 Å². The standard InChI is InChI=1S/C21H22N4O4S/c26-20(15-25-18-10-4-2-8-16(18)22-14-21(25)27)23-17-9-3-5-11-19(17)30(28,29)24-12-6-1-7-13-24/h2-5,8-11,14H,1,6-7,12-13,15H2,(H,23,26). The first-order valence-corrected chi connectivity index (χ1v) is 11.2. The van der Waals surface area contributed by atoms with Crippen molar-refractivity contribution in [2.24, 2.45) is 0 Å². The summed E-state index contributed by atoms with van der Waals surface area (Å²) in [7, 11) is -3.71. The van der Waals surface area contributed by atoms with Gasteiger partial charge < -0.3 is 5.32 Å². The number of hydrogen-bond donors (Lipinski definition) is 1. The average Bonchev–Trinajstić information content (AvgIpc) is 2.76. The van der Waals surface area contributed by atoms with Gasteiger partial charge in [-0.05, 0) is 37.1 Å². The Hall–Kier alpha value is -3.04. The van der Waals surface area contributed by atoms with E-state index in [1.54, 1.807) is 42.5 Å². The number of rotatable bonds is 5. The second-order valence-electron chi connectivity index (χ2n) is 7.18. The van der Waals surface area contributed by atoms with Crippen LogP contribution in [0.4, 0.5) is 5.69 Å². The summed E-state index contributed by atoms with van der Waals surface area (Å²) in [6.45, 7) is 0.700. The minimum atomic E-state index is -3.71. The van der Waals surface area contributed by atoms with Gasteiger partial charge in [-0.1, -0.05) is 30.7 Å². The zero-order valence-electron chi connectivity index (χ0n) is 16.3. The number of anilines is 1. The topological polar surface area (TPSA) is 101 Å². The van der Waals surface area contributed by atoms with E-state index < -0.39 is 21.5 Å². The third kappa shape index (κ3) is 3.99. The second kappa shape index (κ2) is 8.37. The maximum absolute atomic E-state index is 13.1. The molecule has 0 spiro atoms. The summed E-state index contributed by atoms with van der Waals surface area (Å²) in [5, 5.41) is 2.67. The first kappa shape index (κ1) is 20.2. The number of sulfonamides is 1. The van der Waals surface area contributed by atoms with Crippen LogP contribution in [0.2, 0.25) is 0 Å². The highest BCUT2D eigenvalue weighted by Gasteiger charge is 2.28. The lowest BCUT2D eigenvalue weighted by atomic mass is 10.2. The van der Waals surface area contributed by atoms with Gasteiger partial charge in [-0.3, -0.25) is 14.2 Å². The highest BCUT2D eigenvalue weighted by molar-refractivity contribution is 7.89. The maximum atomic E-state index is 13.1. The van der Waals surface area contributed by atoms with Gasteiger partial charge in [-0.2, -0.15) is 4.31 Å². The van der Waals surface area contributed by atoms with Crippen LogP contribution in [0, 0.1) is 0 Å². The van der Waals surface area contributed by atoms with E-state index in [0.717, 1.165) is 19.3 Å². The predicted octanol–water partition coefficient (Wildman–Crippen LogP) is 2.21. The van der Waals surface area contributed by atoms with Crippen LogP contribution >= 0.6 is 0 Å². The van der Waals surface area contributed by atoms with Crippen molar-refractivity contribution < 1.29 is 13.2 Å². The molecule has 0 unspecified atom stereocenters. The van der Waals surface area contributed by atoms with Gasteiger partial charge in [0.05, 0.1) is 22.9 Å². The smallest absolute Gasteiger partial charge is 0.269 e. The van der Waals surface area contributed by atoms with Crippen LogP contribution in [0.5, 0.6) is 0 Å². The lowest BCUT2D eigenvalue weighted by Crippen LogP contribution is -2.36. The zero-order chi connectivity index (χ0) is 21.1. The van der Waals surface area contributed by atoms with E-state index in [9.17, 15) is 18.0 Å². The average molecular weight is 426 g/mol. The summed E-state index contributed by atoms with van der Waals surface area (Å²) in [5.41, 5.74) is 0.935. The van der Waals surface area contributed by atoms with Gasteiger partial charge in [0.25, 0.3) is 5.56 Å². The number of nitrogens with one attached hydrogen (secondary N) is 1. The van der Waals surface area contributed by atoms with E-state index in [0.29, 0.717) is 24.1 Å². The van der Waals surface area contributed by atoms with Crippen LogP contribution in [-0.2, 0) is 21.4 Å². The Morgan fingerprint density at radius 3 is 2.50 bits per heavy atom. The first-order chi connectivity index (χ1) is 14.5. The molecule has 1 saturated heterocycles. The third-order valence-corrected chi connectivity index (χ3v) is 7.11. The number of carbonyl (C=O) groups excluding carboxylic acids is 1. The Morgan fingerprint density at radius 2 is 1.70 bits per heavy atom. The van der Waals surface area contributed by atoms with Gasteiger partial charge >= 0.3 is 0 Å². The molecule has 1 aliphatic rings. The number of benzene rings is 2. The number of nitrogens with zero attached hydrogens (tertiary/aromatic N) is 3. The van der Waals surface area contributed by atoms with E-state index in [1.165, 1.54) is 21.1 Å². The van der Waals surface area contributed by atoms with Gasteiger partial charge in [0, 0.05) is 13.1 Å². The van der Waals surface area contributed by atoms with Crippen LogP contribution < -0.4 is 10.9 Å². The van der Waals surface area contributed by atoms with Crippen molar-refractivity contribution in [1.82, 2.24) is 13.9 Å². The fraction of sp³-hybridized carbons (Fsp3) is 0.286. The van der Waals surface area contributed by atoms with Crippen molar-refractivity contribution in [2.75, 3.05) is 18.4 Å². The normalized spacial score (nSPS) is 15.2. The number of carbonyl (C=O) groups is 1. The van der Waals surface area contributed by atoms with Crippen molar-refractivity contribution in [3.05, 3.63) is 65.1 Å². The molecule has 30 heavy (non-hydrogen) atoms. The van der Waals surface area contributed by atoms with E-state index in [1.807, 2.05) is 0 Å². The van der Waals surface area contributed by atoms with Crippen LogP contribution in [-0.4, -0.2) is 41.3 Å². The number of amides is 1. The molecule has 0 atom stereocenters. The van der Waals surface area contributed by atoms with Crippen molar-refractivity contribution in [3.8, 4) is 0 Å². The highest BCUT2D eigenvalue weighted by Crippen LogP contribution is 2.26. The first-order valence-electron chi connectivity index (χ1n) is 9.80. The molecule has 156 valence electrons. The lowest BCUT2D eigenvalue weighted by Gasteiger charge is -2.26. The van der Waals surface area contributed by atoms with Crippen molar-refractivity contribution >= 4 is 32.7 Å². The Kier molecular flexibility index (Phi) is 5.65. The molecule has 2 heterocycles. The quantitative estimate of drug-likeness (QED) is 0.674. The molecule has 1 amide bonds. The molecule has 1 aromatic heterocycles. The van der Waals surface area contributed by atoms with Gasteiger partial charge in [-0.15, -0.1) is 0 Å². The number of fused-ring (bicyclic) bond motifs is 1. The molecule has 1 aliphatic heterocycles. The van der Waals surface area contributed by atoms with Gasteiger partial charge in [0.2, 0.25) is 15.9 Å². The van der Waals surface area contributed by atoms with Gasteiger partial charge in [0.1, 0.15) is 11.4 Å².